The third kappa shape index (κ3) is 4.32. The minimum absolute atomic E-state index is 0.0235. The van der Waals surface area contributed by atoms with Gasteiger partial charge in [0.15, 0.2) is 5.82 Å². The number of hydrogen-bond acceptors (Lipinski definition) is 7. The monoisotopic (exact) mass is 428 g/mol. The smallest absolute Gasteiger partial charge is 0.282 e. The van der Waals surface area contributed by atoms with Gasteiger partial charge in [0.2, 0.25) is 0 Å². The molecule has 2 aliphatic heterocycles. The molecule has 1 spiro atoms. The molecule has 1 aromatic heterocycles. The van der Waals surface area contributed by atoms with E-state index in [9.17, 15) is 9.18 Å². The molecule has 0 bridgehead atoms. The van der Waals surface area contributed by atoms with Gasteiger partial charge in [0.05, 0.1) is 5.56 Å². The summed E-state index contributed by atoms with van der Waals surface area (Å²) in [6, 6.07) is 3.92. The Labute approximate surface area is 181 Å². The fraction of sp³-hybridized carbons (Fsp3) is 0.545. The number of amides is 1. The number of piperidine rings is 1. The quantitative estimate of drug-likeness (QED) is 0.757. The number of carbonyl (C=O) groups is 1. The molecule has 2 aromatic rings. The van der Waals surface area contributed by atoms with Crippen molar-refractivity contribution in [3.8, 4) is 11.6 Å². The van der Waals surface area contributed by atoms with Crippen molar-refractivity contribution in [2.24, 2.45) is 5.41 Å². The summed E-state index contributed by atoms with van der Waals surface area (Å²) >= 11 is 0. The van der Waals surface area contributed by atoms with Crippen LogP contribution in [0.15, 0.2) is 24.5 Å². The Morgan fingerprint density at radius 3 is 2.74 bits per heavy atom. The first kappa shape index (κ1) is 21.4. The van der Waals surface area contributed by atoms with Gasteiger partial charge in [-0.3, -0.25) is 4.79 Å². The molecule has 8 nitrogen and oxygen atoms in total. The molecule has 0 aliphatic carbocycles. The van der Waals surface area contributed by atoms with Gasteiger partial charge in [-0.2, -0.15) is 0 Å². The summed E-state index contributed by atoms with van der Waals surface area (Å²) in [5, 5.41) is 11.4. The summed E-state index contributed by atoms with van der Waals surface area (Å²) in [5.74, 6) is 0.274. The molecule has 3 heterocycles. The number of ether oxygens (including phenoxy) is 1. The van der Waals surface area contributed by atoms with Crippen molar-refractivity contribution in [1.82, 2.24) is 25.4 Å². The number of aromatic nitrogens is 3. The van der Waals surface area contributed by atoms with E-state index in [0.29, 0.717) is 17.8 Å². The van der Waals surface area contributed by atoms with Crippen molar-refractivity contribution in [1.29, 1.82) is 0 Å². The Bertz CT molecular complexity index is 939. The number of anilines is 1. The highest BCUT2D eigenvalue weighted by Crippen LogP contribution is 2.43. The molecule has 9 heteroatoms. The molecule has 31 heavy (non-hydrogen) atoms. The largest absolute Gasteiger partial charge is 0.434 e. The minimum atomic E-state index is -0.497. The summed E-state index contributed by atoms with van der Waals surface area (Å²) in [7, 11) is 0. The van der Waals surface area contributed by atoms with Crippen LogP contribution in [0.1, 0.15) is 44.0 Å². The third-order valence-corrected chi connectivity index (χ3v) is 6.19. The molecule has 166 valence electrons. The lowest BCUT2D eigenvalue weighted by molar-refractivity contribution is 0.0713. The van der Waals surface area contributed by atoms with E-state index < -0.39 is 5.82 Å². The first-order chi connectivity index (χ1) is 14.9. The van der Waals surface area contributed by atoms with Gasteiger partial charge in [0.1, 0.15) is 17.9 Å². The maximum atomic E-state index is 14.0. The SMILES string of the molecule is CCN(C(=O)c1cc(F)ccc1Oc1nncnc1N1CC2(CCNCC2)C1)C(C)C. The predicted molar refractivity (Wildman–Crippen MR) is 115 cm³/mol. The van der Waals surface area contributed by atoms with Crippen LogP contribution in [0.2, 0.25) is 0 Å². The van der Waals surface area contributed by atoms with Crippen LogP contribution in [0.25, 0.3) is 0 Å². The van der Waals surface area contributed by atoms with Crippen molar-refractivity contribution in [2.45, 2.75) is 39.7 Å². The fourth-order valence-electron chi connectivity index (χ4n) is 4.49. The summed E-state index contributed by atoms with van der Waals surface area (Å²) < 4.78 is 20.0. The second kappa shape index (κ2) is 8.74. The van der Waals surface area contributed by atoms with Crippen LogP contribution in [0.4, 0.5) is 10.2 Å². The van der Waals surface area contributed by atoms with E-state index >= 15 is 0 Å². The highest BCUT2D eigenvalue weighted by Gasteiger charge is 2.45. The Morgan fingerprint density at radius 2 is 2.06 bits per heavy atom. The van der Waals surface area contributed by atoms with Gasteiger partial charge in [-0.1, -0.05) is 0 Å². The number of halogens is 1. The summed E-state index contributed by atoms with van der Waals surface area (Å²) in [4.78, 5) is 21.3. The number of nitrogens with zero attached hydrogens (tertiary/aromatic N) is 5. The lowest BCUT2D eigenvalue weighted by Crippen LogP contribution is -2.60. The van der Waals surface area contributed by atoms with Crippen LogP contribution < -0.4 is 15.0 Å². The van der Waals surface area contributed by atoms with E-state index in [0.717, 1.165) is 39.0 Å². The molecule has 2 aliphatic rings. The Balaban J connectivity index is 1.59. The van der Waals surface area contributed by atoms with E-state index in [4.69, 9.17) is 4.74 Å². The summed E-state index contributed by atoms with van der Waals surface area (Å²) in [6.45, 7) is 10.1. The van der Waals surface area contributed by atoms with Crippen LogP contribution in [0.5, 0.6) is 11.6 Å². The number of benzene rings is 1. The van der Waals surface area contributed by atoms with Crippen molar-refractivity contribution in [2.75, 3.05) is 37.6 Å². The Morgan fingerprint density at radius 1 is 1.32 bits per heavy atom. The molecule has 1 N–H and O–H groups in total. The van der Waals surface area contributed by atoms with E-state index in [1.807, 2.05) is 20.8 Å². The van der Waals surface area contributed by atoms with E-state index in [1.165, 1.54) is 24.5 Å². The van der Waals surface area contributed by atoms with Gasteiger partial charge in [-0.15, -0.1) is 10.2 Å². The molecule has 0 radical (unpaired) electrons. The van der Waals surface area contributed by atoms with Gasteiger partial charge in [-0.05, 0) is 64.9 Å². The van der Waals surface area contributed by atoms with Crippen molar-refractivity contribution < 1.29 is 13.9 Å². The first-order valence-electron chi connectivity index (χ1n) is 10.8. The van der Waals surface area contributed by atoms with Crippen molar-refractivity contribution in [3.63, 3.8) is 0 Å². The molecular weight excluding hydrogens is 399 g/mol. The van der Waals surface area contributed by atoms with Crippen LogP contribution in [0.3, 0.4) is 0 Å². The van der Waals surface area contributed by atoms with Gasteiger partial charge in [0, 0.05) is 31.1 Å². The standard InChI is InChI=1S/C22H29FN6O2/c1-4-29(15(2)3)21(30)17-11-16(23)5-6-18(17)31-20-19(25-14-26-27-20)28-12-22(13-28)7-9-24-10-8-22/h5-6,11,14-15,24H,4,7-10,12-13H2,1-3H3. The topological polar surface area (TPSA) is 83.5 Å². The maximum Gasteiger partial charge on any atom is 0.282 e. The number of carbonyl (C=O) groups excluding carboxylic acids is 1. The van der Waals surface area contributed by atoms with E-state index in [-0.39, 0.29) is 29.1 Å². The Kier molecular flexibility index (Phi) is 6.04. The fourth-order valence-corrected chi connectivity index (χ4v) is 4.49. The van der Waals surface area contributed by atoms with E-state index in [2.05, 4.69) is 25.4 Å². The molecule has 1 amide bonds. The zero-order chi connectivity index (χ0) is 22.0. The van der Waals surface area contributed by atoms with Gasteiger partial charge >= 0.3 is 0 Å². The molecule has 1 aromatic carbocycles. The second-order valence-corrected chi connectivity index (χ2v) is 8.62. The summed E-state index contributed by atoms with van der Waals surface area (Å²) in [6.07, 6.45) is 3.66. The predicted octanol–water partition coefficient (Wildman–Crippen LogP) is 2.86. The molecule has 4 rings (SSSR count). The van der Waals surface area contributed by atoms with Crippen molar-refractivity contribution >= 4 is 11.7 Å². The lowest BCUT2D eigenvalue weighted by atomic mass is 9.72. The minimum Gasteiger partial charge on any atom is -0.434 e. The van der Waals surface area contributed by atoms with Crippen LogP contribution >= 0.6 is 0 Å². The highest BCUT2D eigenvalue weighted by atomic mass is 19.1. The zero-order valence-electron chi connectivity index (χ0n) is 18.3. The average molecular weight is 429 g/mol. The number of nitrogens with one attached hydrogen (secondary N) is 1. The Hall–Kier alpha value is -2.81. The molecular formula is C22H29FN6O2. The van der Waals surface area contributed by atoms with Crippen LogP contribution in [-0.4, -0.2) is 64.8 Å². The third-order valence-electron chi connectivity index (χ3n) is 6.19. The number of rotatable bonds is 6. The number of hydrogen-bond donors (Lipinski definition) is 1. The normalized spacial score (nSPS) is 17.5. The molecule has 2 fully saturated rings. The molecule has 0 atom stereocenters. The lowest BCUT2D eigenvalue weighted by Gasteiger charge is -2.52. The van der Waals surface area contributed by atoms with Gasteiger partial charge in [0.25, 0.3) is 11.8 Å². The maximum absolute atomic E-state index is 14.0. The van der Waals surface area contributed by atoms with Crippen LogP contribution in [0, 0.1) is 11.2 Å². The van der Waals surface area contributed by atoms with Crippen LogP contribution in [-0.2, 0) is 0 Å². The average Bonchev–Trinajstić information content (AvgIpc) is 2.74. The second-order valence-electron chi connectivity index (χ2n) is 8.62. The van der Waals surface area contributed by atoms with Gasteiger partial charge in [-0.25, -0.2) is 9.37 Å². The molecule has 2 saturated heterocycles. The zero-order valence-corrected chi connectivity index (χ0v) is 18.3. The highest BCUT2D eigenvalue weighted by molar-refractivity contribution is 5.97. The molecule has 0 saturated carbocycles. The summed E-state index contributed by atoms with van der Waals surface area (Å²) in [5.41, 5.74) is 0.467. The molecule has 0 unspecified atom stereocenters. The van der Waals surface area contributed by atoms with Crippen molar-refractivity contribution in [3.05, 3.63) is 35.9 Å². The van der Waals surface area contributed by atoms with E-state index in [1.54, 1.807) is 4.90 Å². The first-order valence-corrected chi connectivity index (χ1v) is 10.8. The van der Waals surface area contributed by atoms with Gasteiger partial charge < -0.3 is 19.9 Å².